The number of piperidine rings is 1. The van der Waals surface area contributed by atoms with E-state index in [9.17, 15) is 31.5 Å². The Kier molecular flexibility index (Phi) is 6.17. The molecule has 0 spiro atoms. The lowest BCUT2D eigenvalue weighted by atomic mass is 9.96. The number of nitrogens with zero attached hydrogens (tertiary/aromatic N) is 1. The molecule has 0 aliphatic carbocycles. The van der Waals surface area contributed by atoms with E-state index in [0.717, 1.165) is 0 Å². The third kappa shape index (κ3) is 3.79. The van der Waals surface area contributed by atoms with Crippen LogP contribution >= 0.6 is 0 Å². The van der Waals surface area contributed by atoms with Crippen LogP contribution in [0.15, 0.2) is 0 Å². The second kappa shape index (κ2) is 7.98. The quantitative estimate of drug-likeness (QED) is 0.378. The number of benzene rings is 1. The first kappa shape index (κ1) is 20.1. The van der Waals surface area contributed by atoms with E-state index in [4.69, 9.17) is 0 Å². The van der Waals surface area contributed by atoms with Crippen LogP contribution in [-0.4, -0.2) is 43.0 Å². The van der Waals surface area contributed by atoms with Crippen LogP contribution in [0.2, 0.25) is 0 Å². The third-order valence-corrected chi connectivity index (χ3v) is 4.45. The number of carbonyl (C=O) groups is 2. The molecule has 1 heterocycles. The van der Waals surface area contributed by atoms with Crippen molar-refractivity contribution >= 4 is 17.6 Å². The molecule has 0 radical (unpaired) electrons. The van der Waals surface area contributed by atoms with Crippen molar-refractivity contribution in [2.75, 3.05) is 25.5 Å². The Balaban J connectivity index is 2.08. The van der Waals surface area contributed by atoms with Crippen molar-refractivity contribution in [3.8, 4) is 0 Å². The number of anilines is 1. The molecule has 2 rings (SSSR count). The molecule has 1 saturated heterocycles. The van der Waals surface area contributed by atoms with E-state index in [1.54, 1.807) is 10.2 Å². The summed E-state index contributed by atoms with van der Waals surface area (Å²) in [5, 5.41) is 1.76. The van der Waals surface area contributed by atoms with Crippen LogP contribution in [0.4, 0.5) is 27.6 Å². The molecule has 1 amide bonds. The standard InChI is InChI=1S/C16H17F5N2O3/c1-7(23-5-3-8(4-6-23)16(25)26-2)15(24)22-14-12(20)10(18)9(17)11(19)13(14)21/h7-8H,3-6H2,1-2H3,(H,22,24)/t7-/m1/s1. The van der Waals surface area contributed by atoms with Crippen LogP contribution in [0.25, 0.3) is 0 Å². The van der Waals surface area contributed by atoms with Gasteiger partial charge in [0.15, 0.2) is 23.3 Å². The fourth-order valence-corrected chi connectivity index (χ4v) is 2.80. The number of ether oxygens (including phenoxy) is 1. The predicted octanol–water partition coefficient (Wildman–Crippen LogP) is 2.59. The molecular formula is C16H17F5N2O3. The number of likely N-dealkylation sites (tertiary alicyclic amines) is 1. The fourth-order valence-electron chi connectivity index (χ4n) is 2.80. The van der Waals surface area contributed by atoms with Crippen LogP contribution in [0.5, 0.6) is 0 Å². The number of rotatable bonds is 4. The van der Waals surface area contributed by atoms with Crippen LogP contribution in [-0.2, 0) is 14.3 Å². The Bertz CT molecular complexity index is 691. The molecule has 1 fully saturated rings. The van der Waals surface area contributed by atoms with Crippen molar-refractivity contribution < 1.29 is 36.3 Å². The molecule has 26 heavy (non-hydrogen) atoms. The second-order valence-electron chi connectivity index (χ2n) is 5.94. The maximum atomic E-state index is 13.6. The van der Waals surface area contributed by atoms with Gasteiger partial charge in [-0.25, -0.2) is 22.0 Å². The van der Waals surface area contributed by atoms with E-state index in [1.807, 2.05) is 0 Å². The molecule has 1 aliphatic heterocycles. The molecule has 5 nitrogen and oxygen atoms in total. The number of methoxy groups -OCH3 is 1. The molecule has 1 N–H and O–H groups in total. The predicted molar refractivity (Wildman–Crippen MR) is 80.6 cm³/mol. The summed E-state index contributed by atoms with van der Waals surface area (Å²) in [7, 11) is 1.27. The minimum absolute atomic E-state index is 0.304. The average molecular weight is 380 g/mol. The minimum Gasteiger partial charge on any atom is -0.469 e. The summed E-state index contributed by atoms with van der Waals surface area (Å²) in [5.74, 6) is -12.4. The Hall–Kier alpha value is -2.23. The van der Waals surface area contributed by atoms with E-state index in [2.05, 4.69) is 4.74 Å². The number of esters is 1. The number of nitrogens with one attached hydrogen (secondary N) is 1. The Labute approximate surface area is 146 Å². The summed E-state index contributed by atoms with van der Waals surface area (Å²) in [6, 6.07) is -0.899. The number of amides is 1. The molecule has 0 bridgehead atoms. The minimum atomic E-state index is -2.30. The van der Waals surface area contributed by atoms with Crippen molar-refractivity contribution in [2.24, 2.45) is 5.92 Å². The van der Waals surface area contributed by atoms with Crippen LogP contribution in [0.3, 0.4) is 0 Å². The lowest BCUT2D eigenvalue weighted by molar-refractivity contribution is -0.147. The van der Waals surface area contributed by atoms with Gasteiger partial charge in [-0.2, -0.15) is 0 Å². The third-order valence-electron chi connectivity index (χ3n) is 4.45. The normalized spacial score (nSPS) is 17.0. The van der Waals surface area contributed by atoms with E-state index >= 15 is 0 Å². The molecule has 1 aromatic carbocycles. The van der Waals surface area contributed by atoms with E-state index in [-0.39, 0.29) is 11.9 Å². The highest BCUT2D eigenvalue weighted by Gasteiger charge is 2.32. The van der Waals surface area contributed by atoms with Crippen molar-refractivity contribution in [1.29, 1.82) is 0 Å². The monoisotopic (exact) mass is 380 g/mol. The van der Waals surface area contributed by atoms with Gasteiger partial charge in [-0.1, -0.05) is 0 Å². The highest BCUT2D eigenvalue weighted by Crippen LogP contribution is 2.28. The first-order chi connectivity index (χ1) is 12.2. The smallest absolute Gasteiger partial charge is 0.308 e. The molecular weight excluding hydrogens is 363 g/mol. The summed E-state index contributed by atoms with van der Waals surface area (Å²) in [5.41, 5.74) is -1.39. The molecule has 0 aromatic heterocycles. The van der Waals surface area contributed by atoms with Gasteiger partial charge < -0.3 is 10.1 Å². The van der Waals surface area contributed by atoms with Crippen molar-refractivity contribution in [2.45, 2.75) is 25.8 Å². The summed E-state index contributed by atoms with van der Waals surface area (Å²) in [4.78, 5) is 25.3. The van der Waals surface area contributed by atoms with Gasteiger partial charge in [-0.05, 0) is 32.9 Å². The lowest BCUT2D eigenvalue weighted by Crippen LogP contribution is -2.47. The van der Waals surface area contributed by atoms with Gasteiger partial charge in [0.2, 0.25) is 11.7 Å². The summed E-state index contributed by atoms with van der Waals surface area (Å²) < 4.78 is 71.4. The molecule has 144 valence electrons. The summed E-state index contributed by atoms with van der Waals surface area (Å²) >= 11 is 0. The maximum Gasteiger partial charge on any atom is 0.308 e. The summed E-state index contributed by atoms with van der Waals surface area (Å²) in [6.07, 6.45) is 0.847. The maximum absolute atomic E-state index is 13.6. The fraction of sp³-hybridized carbons (Fsp3) is 0.500. The molecule has 1 aromatic rings. The Morgan fingerprint density at radius 2 is 1.46 bits per heavy atom. The number of carbonyl (C=O) groups excluding carboxylic acids is 2. The number of hydrogen-bond donors (Lipinski definition) is 1. The zero-order valence-corrected chi connectivity index (χ0v) is 14.0. The lowest BCUT2D eigenvalue weighted by Gasteiger charge is -2.34. The molecule has 1 atom stereocenters. The highest BCUT2D eigenvalue weighted by atomic mass is 19.2. The number of hydrogen-bond acceptors (Lipinski definition) is 4. The summed E-state index contributed by atoms with van der Waals surface area (Å²) in [6.45, 7) is 2.11. The van der Waals surface area contributed by atoms with Crippen molar-refractivity contribution in [3.05, 3.63) is 29.1 Å². The van der Waals surface area contributed by atoms with Crippen LogP contribution in [0, 0.1) is 35.0 Å². The van der Waals surface area contributed by atoms with Crippen molar-refractivity contribution in [3.63, 3.8) is 0 Å². The van der Waals surface area contributed by atoms with Crippen LogP contribution < -0.4 is 5.32 Å². The SMILES string of the molecule is COC(=O)C1CCN([C@H](C)C(=O)Nc2c(F)c(F)c(F)c(F)c2F)CC1. The van der Waals surface area contributed by atoms with Crippen LogP contribution in [0.1, 0.15) is 19.8 Å². The first-order valence-corrected chi connectivity index (χ1v) is 7.83. The van der Waals surface area contributed by atoms with E-state index < -0.39 is 46.7 Å². The van der Waals surface area contributed by atoms with Gasteiger partial charge in [0.1, 0.15) is 5.69 Å². The zero-order valence-electron chi connectivity index (χ0n) is 14.0. The number of halogens is 5. The molecule has 0 saturated carbocycles. The Morgan fingerprint density at radius 3 is 1.92 bits per heavy atom. The van der Waals surface area contributed by atoms with Crippen molar-refractivity contribution in [1.82, 2.24) is 4.90 Å². The highest BCUT2D eigenvalue weighted by molar-refractivity contribution is 5.94. The first-order valence-electron chi connectivity index (χ1n) is 7.83. The van der Waals surface area contributed by atoms with Gasteiger partial charge in [-0.3, -0.25) is 14.5 Å². The van der Waals surface area contributed by atoms with Gasteiger partial charge in [0.25, 0.3) is 0 Å². The van der Waals surface area contributed by atoms with E-state index in [0.29, 0.717) is 25.9 Å². The van der Waals surface area contributed by atoms with Gasteiger partial charge >= 0.3 is 5.97 Å². The van der Waals surface area contributed by atoms with Gasteiger partial charge in [0.05, 0.1) is 19.1 Å². The molecule has 0 unspecified atom stereocenters. The Morgan fingerprint density at radius 1 is 1.00 bits per heavy atom. The molecule has 1 aliphatic rings. The molecule has 10 heteroatoms. The average Bonchev–Trinajstić information content (AvgIpc) is 2.66. The van der Waals surface area contributed by atoms with Gasteiger partial charge in [0, 0.05) is 0 Å². The second-order valence-corrected chi connectivity index (χ2v) is 5.94. The largest absolute Gasteiger partial charge is 0.469 e. The topological polar surface area (TPSA) is 58.6 Å². The van der Waals surface area contributed by atoms with E-state index in [1.165, 1.54) is 14.0 Å². The van der Waals surface area contributed by atoms with Gasteiger partial charge in [-0.15, -0.1) is 0 Å². The zero-order chi connectivity index (χ0) is 19.6.